The number of carbonyl (C=O) groups is 2. The van der Waals surface area contributed by atoms with Gasteiger partial charge in [-0.25, -0.2) is 4.79 Å². The summed E-state index contributed by atoms with van der Waals surface area (Å²) in [5.41, 5.74) is 2.41. The van der Waals surface area contributed by atoms with Gasteiger partial charge in [-0.1, -0.05) is 61.2 Å². The molecule has 4 fully saturated rings. The van der Waals surface area contributed by atoms with Gasteiger partial charge >= 0.3 is 6.03 Å². The van der Waals surface area contributed by atoms with Crippen molar-refractivity contribution in [2.24, 2.45) is 0 Å². The maximum Gasteiger partial charge on any atom is 0.320 e. The zero-order valence-corrected chi connectivity index (χ0v) is 29.9. The lowest BCUT2D eigenvalue weighted by Gasteiger charge is -2.48. The lowest BCUT2D eigenvalue weighted by molar-refractivity contribution is -0.139. The number of para-hydroxylation sites is 1. The molecular weight excluding hydrogens is 629 g/mol. The van der Waals surface area contributed by atoms with Crippen LogP contribution in [0.4, 0.5) is 10.5 Å². The molecule has 0 aromatic heterocycles. The zero-order valence-electron chi connectivity index (χ0n) is 28.4. The van der Waals surface area contributed by atoms with Gasteiger partial charge in [-0.15, -0.1) is 12.4 Å². The predicted molar refractivity (Wildman–Crippen MR) is 195 cm³/mol. The first-order valence-electron chi connectivity index (χ1n) is 18.1. The minimum absolute atomic E-state index is 0. The summed E-state index contributed by atoms with van der Waals surface area (Å²) in [5, 5.41) is 4.59. The van der Waals surface area contributed by atoms with Crippen LogP contribution >= 0.6 is 24.0 Å². The standard InChI is InChI=1S/C38H54ClN5O2.ClH/c1-3-41(4-2)38(46)44(32-13-9-6-10-14-32)35-26-33-19-20-34(27-35)43(33)37(45)36(25-28-15-17-29(39)18-16-28)40-30-21-23-42(24-22-30)31-11-7-5-8-12-31;/h5,7-8,11-12,15-18,30,32-36,40H,3-4,6,9-10,13-14,19-27H2,1-2H3;1H/t33?,34?,35?,36-;/m1./s1. The van der Waals surface area contributed by atoms with Crippen molar-refractivity contribution in [1.82, 2.24) is 20.0 Å². The minimum atomic E-state index is -0.277. The van der Waals surface area contributed by atoms with Crippen molar-refractivity contribution in [2.45, 2.75) is 127 Å². The number of amides is 3. The number of hydrogen-bond acceptors (Lipinski definition) is 4. The normalized spacial score (nSPS) is 24.0. The van der Waals surface area contributed by atoms with Crippen LogP contribution in [0.1, 0.15) is 90.0 Å². The Hall–Kier alpha value is -2.48. The molecule has 1 aliphatic carbocycles. The molecule has 6 rings (SSSR count). The van der Waals surface area contributed by atoms with E-state index in [0.717, 1.165) is 88.1 Å². The Labute approximate surface area is 293 Å². The van der Waals surface area contributed by atoms with Crippen molar-refractivity contribution in [1.29, 1.82) is 0 Å². The molecule has 2 bridgehead atoms. The Morgan fingerprint density at radius 1 is 0.830 bits per heavy atom. The lowest BCUT2D eigenvalue weighted by atomic mass is 9.89. The van der Waals surface area contributed by atoms with E-state index in [0.29, 0.717) is 18.5 Å². The smallest absolute Gasteiger partial charge is 0.320 e. The lowest BCUT2D eigenvalue weighted by Crippen LogP contribution is -2.61. The number of halogens is 2. The van der Waals surface area contributed by atoms with E-state index in [2.05, 4.69) is 76.3 Å². The van der Waals surface area contributed by atoms with Gasteiger partial charge in [0.05, 0.1) is 6.04 Å². The van der Waals surface area contributed by atoms with Crippen LogP contribution in [0.15, 0.2) is 54.6 Å². The fourth-order valence-electron chi connectivity index (χ4n) is 8.84. The zero-order chi connectivity index (χ0) is 32.0. The highest BCUT2D eigenvalue weighted by Crippen LogP contribution is 2.40. The molecule has 0 spiro atoms. The van der Waals surface area contributed by atoms with Crippen LogP contribution in [0.25, 0.3) is 0 Å². The number of fused-ring (bicyclic) bond motifs is 2. The van der Waals surface area contributed by atoms with Crippen molar-refractivity contribution in [3.05, 3.63) is 65.2 Å². The van der Waals surface area contributed by atoms with Crippen LogP contribution in [0.2, 0.25) is 5.02 Å². The summed E-state index contributed by atoms with van der Waals surface area (Å²) in [5.74, 6) is 0.241. The summed E-state index contributed by atoms with van der Waals surface area (Å²) < 4.78 is 0. The molecule has 47 heavy (non-hydrogen) atoms. The van der Waals surface area contributed by atoms with E-state index in [9.17, 15) is 9.59 Å². The first-order chi connectivity index (χ1) is 22.4. The number of hydrogen-bond donors (Lipinski definition) is 1. The summed E-state index contributed by atoms with van der Waals surface area (Å²) in [4.78, 5) is 37.6. The van der Waals surface area contributed by atoms with E-state index in [1.165, 1.54) is 24.9 Å². The maximum atomic E-state index is 14.6. The third kappa shape index (κ3) is 8.40. The van der Waals surface area contributed by atoms with Gasteiger partial charge in [-0.05, 0) is 101 Å². The van der Waals surface area contributed by atoms with Crippen LogP contribution in [0.3, 0.4) is 0 Å². The highest BCUT2D eigenvalue weighted by molar-refractivity contribution is 6.30. The van der Waals surface area contributed by atoms with Crippen molar-refractivity contribution in [3.8, 4) is 0 Å². The van der Waals surface area contributed by atoms with Gasteiger partial charge in [-0.3, -0.25) is 4.79 Å². The summed E-state index contributed by atoms with van der Waals surface area (Å²) >= 11 is 6.23. The van der Waals surface area contributed by atoms with Gasteiger partial charge < -0.3 is 24.9 Å². The van der Waals surface area contributed by atoms with Gasteiger partial charge in [0, 0.05) is 67.1 Å². The molecule has 4 aliphatic rings. The van der Waals surface area contributed by atoms with Crippen LogP contribution in [-0.4, -0.2) is 89.1 Å². The fraction of sp³-hybridized carbons (Fsp3) is 0.632. The van der Waals surface area contributed by atoms with Crippen molar-refractivity contribution in [3.63, 3.8) is 0 Å². The topological polar surface area (TPSA) is 59.1 Å². The summed E-state index contributed by atoms with van der Waals surface area (Å²) in [6, 6.07) is 19.8. The largest absolute Gasteiger partial charge is 0.371 e. The Morgan fingerprint density at radius 2 is 1.45 bits per heavy atom. The van der Waals surface area contributed by atoms with Crippen molar-refractivity contribution >= 4 is 41.6 Å². The molecule has 3 amide bonds. The average Bonchev–Trinajstić information content (AvgIpc) is 3.36. The maximum absolute atomic E-state index is 14.6. The molecule has 3 atom stereocenters. The molecule has 258 valence electrons. The number of nitrogens with zero attached hydrogens (tertiary/aromatic N) is 4. The molecule has 7 nitrogen and oxygen atoms in total. The second-order valence-corrected chi connectivity index (χ2v) is 14.5. The molecule has 0 radical (unpaired) electrons. The minimum Gasteiger partial charge on any atom is -0.371 e. The Morgan fingerprint density at radius 3 is 2.04 bits per heavy atom. The van der Waals surface area contributed by atoms with E-state index in [1.54, 1.807) is 0 Å². The quantitative estimate of drug-likeness (QED) is 0.281. The monoisotopic (exact) mass is 683 g/mol. The number of rotatable bonds is 10. The Bertz CT molecular complexity index is 1260. The second kappa shape index (κ2) is 16.8. The van der Waals surface area contributed by atoms with Crippen molar-refractivity contribution < 1.29 is 9.59 Å². The van der Waals surface area contributed by atoms with Crippen LogP contribution in [0.5, 0.6) is 0 Å². The van der Waals surface area contributed by atoms with Crippen LogP contribution in [0, 0.1) is 0 Å². The average molecular weight is 685 g/mol. The van der Waals surface area contributed by atoms with Gasteiger partial charge in [0.25, 0.3) is 0 Å². The number of nitrogens with one attached hydrogen (secondary N) is 1. The van der Waals surface area contributed by atoms with Gasteiger partial charge in [0.15, 0.2) is 0 Å². The van der Waals surface area contributed by atoms with E-state index < -0.39 is 0 Å². The molecule has 1 N–H and O–H groups in total. The first-order valence-corrected chi connectivity index (χ1v) is 18.5. The number of anilines is 1. The molecule has 9 heteroatoms. The van der Waals surface area contributed by atoms with Crippen LogP contribution in [-0.2, 0) is 11.2 Å². The van der Waals surface area contributed by atoms with E-state index in [1.807, 2.05) is 17.0 Å². The number of benzene rings is 2. The second-order valence-electron chi connectivity index (χ2n) is 14.1. The Kier molecular flexibility index (Phi) is 12.8. The molecule has 2 aromatic rings. The van der Waals surface area contributed by atoms with Gasteiger partial charge in [-0.2, -0.15) is 0 Å². The Balaban J connectivity index is 0.00000433. The summed E-state index contributed by atoms with van der Waals surface area (Å²) in [6.07, 6.45) is 12.5. The van der Waals surface area contributed by atoms with Gasteiger partial charge in [0.2, 0.25) is 5.91 Å². The number of carbonyl (C=O) groups excluding carboxylic acids is 2. The molecule has 3 saturated heterocycles. The van der Waals surface area contributed by atoms with E-state index in [-0.39, 0.29) is 48.5 Å². The SMILES string of the molecule is CCN(CC)C(=O)N(C1CCCCC1)C1CC2CCC(C1)N2C(=O)[C@@H](Cc1ccc(Cl)cc1)NC1CCN(c2ccccc2)CC1.Cl. The summed E-state index contributed by atoms with van der Waals surface area (Å²) in [7, 11) is 0. The molecular formula is C38H55Cl2N5O2. The molecule has 1 saturated carbocycles. The molecule has 2 aromatic carbocycles. The van der Waals surface area contributed by atoms with Crippen LogP contribution < -0.4 is 10.2 Å². The van der Waals surface area contributed by atoms with E-state index in [4.69, 9.17) is 11.6 Å². The summed E-state index contributed by atoms with van der Waals surface area (Å²) in [6.45, 7) is 7.63. The highest BCUT2D eigenvalue weighted by Gasteiger charge is 2.48. The fourth-order valence-corrected chi connectivity index (χ4v) is 8.97. The highest BCUT2D eigenvalue weighted by atomic mass is 35.5. The molecule has 3 aliphatic heterocycles. The molecule has 3 heterocycles. The third-order valence-electron chi connectivity index (χ3n) is 11.3. The van der Waals surface area contributed by atoms with Crippen molar-refractivity contribution in [2.75, 3.05) is 31.1 Å². The van der Waals surface area contributed by atoms with E-state index >= 15 is 0 Å². The molecule has 2 unspecified atom stereocenters. The predicted octanol–water partition coefficient (Wildman–Crippen LogP) is 7.55. The number of urea groups is 1. The third-order valence-corrected chi connectivity index (χ3v) is 11.5. The number of piperidine rings is 2. The first kappa shape index (κ1) is 35.8. The van der Waals surface area contributed by atoms with Gasteiger partial charge in [0.1, 0.15) is 0 Å².